The molecule has 2 rings (SSSR count). The fraction of sp³-hybridized carbons (Fsp3) is 0.238. The molecule has 0 fully saturated rings. The Morgan fingerprint density at radius 2 is 1.96 bits per heavy atom. The Bertz CT molecular complexity index is 814. The summed E-state index contributed by atoms with van der Waals surface area (Å²) in [5, 5.41) is 9.42. The van der Waals surface area contributed by atoms with Crippen LogP contribution in [0.4, 0.5) is 5.69 Å². The van der Waals surface area contributed by atoms with Crippen molar-refractivity contribution in [3.8, 4) is 12.3 Å². The number of nitrogens with zero attached hydrogens (tertiary/aromatic N) is 1. The number of nitrogens with one attached hydrogen (secondary N) is 3. The van der Waals surface area contributed by atoms with Crippen LogP contribution in [0.15, 0.2) is 64.5 Å². The van der Waals surface area contributed by atoms with E-state index in [1.807, 2.05) is 30.3 Å². The summed E-state index contributed by atoms with van der Waals surface area (Å²) in [4.78, 5) is 17.5. The van der Waals surface area contributed by atoms with Gasteiger partial charge in [0.2, 0.25) is 5.91 Å². The van der Waals surface area contributed by atoms with E-state index in [2.05, 4.69) is 45.9 Å². The van der Waals surface area contributed by atoms with E-state index < -0.39 is 0 Å². The second-order valence-corrected chi connectivity index (χ2v) is 7.33. The number of amides is 1. The molecule has 2 aromatic rings. The lowest BCUT2D eigenvalue weighted by molar-refractivity contribution is -0.115. The van der Waals surface area contributed by atoms with Crippen LogP contribution in [0.2, 0.25) is 0 Å². The predicted octanol–water partition coefficient (Wildman–Crippen LogP) is 2.95. The molecule has 0 aliphatic rings. The molecule has 6 heteroatoms. The van der Waals surface area contributed by atoms with Crippen molar-refractivity contribution in [1.29, 1.82) is 0 Å². The zero-order valence-corrected chi connectivity index (χ0v) is 16.3. The van der Waals surface area contributed by atoms with Gasteiger partial charge in [-0.1, -0.05) is 37.1 Å². The molecule has 0 radical (unpaired) electrons. The number of rotatable bonds is 7. The predicted molar refractivity (Wildman–Crippen MR) is 114 cm³/mol. The highest BCUT2D eigenvalue weighted by Gasteiger charge is 2.08. The third kappa shape index (κ3) is 7.47. The molecule has 3 N–H and O–H groups in total. The Kier molecular flexibility index (Phi) is 8.27. The highest BCUT2D eigenvalue weighted by molar-refractivity contribution is 8.00. The number of anilines is 1. The average Bonchev–Trinajstić information content (AvgIpc) is 2.69. The van der Waals surface area contributed by atoms with E-state index in [9.17, 15) is 4.79 Å². The monoisotopic (exact) mass is 380 g/mol. The van der Waals surface area contributed by atoms with Gasteiger partial charge in [-0.05, 0) is 30.3 Å². The summed E-state index contributed by atoms with van der Waals surface area (Å²) < 4.78 is 0. The fourth-order valence-corrected chi connectivity index (χ4v) is 3.24. The molecule has 0 aliphatic carbocycles. The lowest BCUT2D eigenvalue weighted by Crippen LogP contribution is -2.43. The lowest BCUT2D eigenvalue weighted by atomic mass is 10.2. The minimum absolute atomic E-state index is 0.111. The Morgan fingerprint density at radius 1 is 1.19 bits per heavy atom. The molecule has 0 heterocycles. The molecular weight excluding hydrogens is 356 g/mol. The Hall–Kier alpha value is -2.91. The summed E-state index contributed by atoms with van der Waals surface area (Å²) in [6, 6.07) is 17.4. The molecule has 0 spiro atoms. The normalized spacial score (nSPS) is 12.0. The smallest absolute Gasteiger partial charge is 0.243 e. The summed E-state index contributed by atoms with van der Waals surface area (Å²) in [6.45, 7) is 2.98. The van der Waals surface area contributed by atoms with Crippen molar-refractivity contribution in [3.05, 3.63) is 60.2 Å². The van der Waals surface area contributed by atoms with E-state index in [1.54, 1.807) is 30.9 Å². The Labute approximate surface area is 165 Å². The van der Waals surface area contributed by atoms with Crippen molar-refractivity contribution in [3.63, 3.8) is 0 Å². The van der Waals surface area contributed by atoms with E-state index in [1.165, 1.54) is 4.90 Å². The highest BCUT2D eigenvalue weighted by Crippen LogP contribution is 2.21. The maximum atomic E-state index is 12.1. The summed E-state index contributed by atoms with van der Waals surface area (Å²) in [7, 11) is 1.68. The minimum Gasteiger partial charge on any atom is -0.355 e. The number of carbonyl (C=O) groups is 1. The van der Waals surface area contributed by atoms with Gasteiger partial charge in [0, 0.05) is 35.0 Å². The van der Waals surface area contributed by atoms with Crippen LogP contribution >= 0.6 is 11.8 Å². The second kappa shape index (κ2) is 10.9. The number of terminal acetylenes is 1. The number of carbonyl (C=O) groups excluding carboxylic acids is 1. The van der Waals surface area contributed by atoms with Crippen molar-refractivity contribution in [2.24, 2.45) is 4.99 Å². The molecule has 0 aromatic heterocycles. The van der Waals surface area contributed by atoms with Crippen LogP contribution in [-0.4, -0.2) is 37.3 Å². The number of aliphatic imine (C=N–C) groups is 1. The van der Waals surface area contributed by atoms with Crippen molar-refractivity contribution in [2.75, 3.05) is 25.5 Å². The standard InChI is InChI=1S/C21H24N4OS/c1-4-17-9-8-10-18(13-17)25-20(26)15-24-21(22-3)23-14-16(2)27-19-11-6-5-7-12-19/h1,5-13,16H,14-15H2,2-3H3,(H,25,26)(H2,22,23,24). The number of hydrogen-bond acceptors (Lipinski definition) is 3. The van der Waals surface area contributed by atoms with Gasteiger partial charge in [-0.2, -0.15) is 0 Å². The molecule has 27 heavy (non-hydrogen) atoms. The molecule has 0 saturated carbocycles. The number of guanidine groups is 1. The average molecular weight is 381 g/mol. The van der Waals surface area contributed by atoms with Crippen molar-refractivity contribution >= 4 is 29.3 Å². The molecule has 0 aliphatic heterocycles. The van der Waals surface area contributed by atoms with Gasteiger partial charge >= 0.3 is 0 Å². The summed E-state index contributed by atoms with van der Waals surface area (Å²) in [5.74, 6) is 2.96. The van der Waals surface area contributed by atoms with Crippen LogP contribution in [0.5, 0.6) is 0 Å². The molecule has 1 amide bonds. The fourth-order valence-electron chi connectivity index (χ4n) is 2.29. The largest absolute Gasteiger partial charge is 0.355 e. The number of hydrogen-bond donors (Lipinski definition) is 3. The van der Waals surface area contributed by atoms with Gasteiger partial charge < -0.3 is 16.0 Å². The van der Waals surface area contributed by atoms with Crippen molar-refractivity contribution in [1.82, 2.24) is 10.6 Å². The quantitative estimate of drug-likeness (QED) is 0.299. The molecule has 1 unspecified atom stereocenters. The molecule has 1 atom stereocenters. The number of thioether (sulfide) groups is 1. The first kappa shape index (κ1) is 20.4. The summed E-state index contributed by atoms with van der Waals surface area (Å²) >= 11 is 1.78. The topological polar surface area (TPSA) is 65.5 Å². The van der Waals surface area contributed by atoms with Gasteiger partial charge in [0.1, 0.15) is 0 Å². The van der Waals surface area contributed by atoms with Gasteiger partial charge in [-0.15, -0.1) is 18.2 Å². The van der Waals surface area contributed by atoms with Gasteiger partial charge in [-0.3, -0.25) is 9.79 Å². The van der Waals surface area contributed by atoms with E-state index in [-0.39, 0.29) is 12.5 Å². The first-order valence-electron chi connectivity index (χ1n) is 8.63. The van der Waals surface area contributed by atoms with Crippen LogP contribution in [0.1, 0.15) is 12.5 Å². The first-order valence-corrected chi connectivity index (χ1v) is 9.51. The lowest BCUT2D eigenvalue weighted by Gasteiger charge is -2.16. The van der Waals surface area contributed by atoms with Crippen LogP contribution in [0.3, 0.4) is 0 Å². The van der Waals surface area contributed by atoms with Crippen molar-refractivity contribution in [2.45, 2.75) is 17.1 Å². The minimum atomic E-state index is -0.168. The van der Waals surface area contributed by atoms with Gasteiger partial charge in [-0.25, -0.2) is 0 Å². The van der Waals surface area contributed by atoms with Crippen LogP contribution in [0, 0.1) is 12.3 Å². The van der Waals surface area contributed by atoms with Crippen molar-refractivity contribution < 1.29 is 4.79 Å². The maximum absolute atomic E-state index is 12.1. The Balaban J connectivity index is 1.74. The molecular formula is C21H24N4OS. The third-order valence-corrected chi connectivity index (χ3v) is 4.70. The molecule has 140 valence electrons. The maximum Gasteiger partial charge on any atom is 0.243 e. The van der Waals surface area contributed by atoms with Crippen LogP contribution < -0.4 is 16.0 Å². The van der Waals surface area contributed by atoms with E-state index in [0.717, 1.165) is 12.1 Å². The molecule has 0 bridgehead atoms. The van der Waals surface area contributed by atoms with Crippen LogP contribution in [0.25, 0.3) is 0 Å². The third-order valence-electron chi connectivity index (χ3n) is 3.59. The van der Waals surface area contributed by atoms with E-state index in [0.29, 0.717) is 16.9 Å². The van der Waals surface area contributed by atoms with Gasteiger partial charge in [0.25, 0.3) is 0 Å². The Morgan fingerprint density at radius 3 is 2.67 bits per heavy atom. The zero-order chi connectivity index (χ0) is 19.5. The van der Waals surface area contributed by atoms with Gasteiger partial charge in [0.15, 0.2) is 5.96 Å². The van der Waals surface area contributed by atoms with Gasteiger partial charge in [0.05, 0.1) is 6.54 Å². The first-order chi connectivity index (χ1) is 13.1. The van der Waals surface area contributed by atoms with E-state index >= 15 is 0 Å². The second-order valence-electron chi connectivity index (χ2n) is 5.82. The SMILES string of the molecule is C#Cc1cccc(NC(=O)CNC(=NC)NCC(C)Sc2ccccc2)c1. The summed E-state index contributed by atoms with van der Waals surface area (Å²) in [5.41, 5.74) is 1.40. The number of benzene rings is 2. The summed E-state index contributed by atoms with van der Waals surface area (Å²) in [6.07, 6.45) is 5.37. The highest BCUT2D eigenvalue weighted by atomic mass is 32.2. The molecule has 5 nitrogen and oxygen atoms in total. The zero-order valence-electron chi connectivity index (χ0n) is 15.5. The van der Waals surface area contributed by atoms with E-state index in [4.69, 9.17) is 6.42 Å². The molecule has 0 saturated heterocycles. The molecule has 2 aromatic carbocycles. The van der Waals surface area contributed by atoms with Crippen LogP contribution in [-0.2, 0) is 4.79 Å².